The van der Waals surface area contributed by atoms with Crippen LogP contribution in [0.2, 0.25) is 0 Å². The summed E-state index contributed by atoms with van der Waals surface area (Å²) in [6.45, 7) is 3.65. The smallest absolute Gasteiger partial charge is 0.234 e. The van der Waals surface area contributed by atoms with E-state index >= 15 is 0 Å². The monoisotopic (exact) mass is 388 g/mol. The summed E-state index contributed by atoms with van der Waals surface area (Å²) < 4.78 is 5.54. The number of nitrogens with zero attached hydrogens (tertiary/aromatic N) is 1. The Hall–Kier alpha value is -3.11. The molecule has 4 heteroatoms. The molecular formula is C25H28N2O2. The van der Waals surface area contributed by atoms with Crippen LogP contribution in [0.1, 0.15) is 29.7 Å². The second-order valence-corrected chi connectivity index (χ2v) is 7.07. The molecule has 1 N–H and O–H groups in total. The highest BCUT2D eigenvalue weighted by Crippen LogP contribution is 2.24. The number of nitrogens with one attached hydrogen (secondary N) is 1. The van der Waals surface area contributed by atoms with E-state index in [4.69, 9.17) is 4.74 Å². The van der Waals surface area contributed by atoms with Crippen molar-refractivity contribution in [3.8, 4) is 5.75 Å². The van der Waals surface area contributed by atoms with Gasteiger partial charge in [0, 0.05) is 6.54 Å². The second-order valence-electron chi connectivity index (χ2n) is 7.07. The van der Waals surface area contributed by atoms with Gasteiger partial charge in [-0.1, -0.05) is 72.8 Å². The van der Waals surface area contributed by atoms with E-state index in [1.54, 1.807) is 0 Å². The number of ether oxygens (including phenoxy) is 1. The Kier molecular flexibility index (Phi) is 7.42. The highest BCUT2D eigenvalue weighted by molar-refractivity contribution is 5.79. The van der Waals surface area contributed by atoms with Crippen molar-refractivity contribution in [1.29, 1.82) is 0 Å². The van der Waals surface area contributed by atoms with Crippen molar-refractivity contribution in [2.45, 2.75) is 19.5 Å². The van der Waals surface area contributed by atoms with Crippen molar-refractivity contribution in [3.63, 3.8) is 0 Å². The Bertz CT molecular complexity index is 880. The van der Waals surface area contributed by atoms with Crippen molar-refractivity contribution < 1.29 is 9.53 Å². The lowest BCUT2D eigenvalue weighted by Crippen LogP contribution is -2.37. The molecule has 4 nitrogen and oxygen atoms in total. The van der Waals surface area contributed by atoms with Gasteiger partial charge in [0.1, 0.15) is 5.75 Å². The van der Waals surface area contributed by atoms with Gasteiger partial charge in [-0.25, -0.2) is 0 Å². The first-order valence-electron chi connectivity index (χ1n) is 9.95. The Balaban J connectivity index is 1.70. The van der Waals surface area contributed by atoms with Crippen LogP contribution >= 0.6 is 0 Å². The number of hydrogen-bond acceptors (Lipinski definition) is 3. The molecule has 0 aromatic heterocycles. The van der Waals surface area contributed by atoms with Crippen molar-refractivity contribution >= 4 is 5.91 Å². The molecule has 150 valence electrons. The van der Waals surface area contributed by atoms with Gasteiger partial charge in [-0.05, 0) is 42.8 Å². The third-order valence-electron chi connectivity index (χ3n) is 4.67. The quantitative estimate of drug-likeness (QED) is 0.590. The minimum atomic E-state index is -0.204. The van der Waals surface area contributed by atoms with E-state index in [0.717, 1.165) is 23.4 Å². The number of carbonyl (C=O) groups excluding carboxylic acids is 1. The fourth-order valence-corrected chi connectivity index (χ4v) is 3.33. The molecule has 0 radical (unpaired) electrons. The fraction of sp³-hybridized carbons (Fsp3) is 0.240. The topological polar surface area (TPSA) is 41.6 Å². The molecule has 0 heterocycles. The summed E-state index contributed by atoms with van der Waals surface area (Å²) >= 11 is 0. The molecule has 0 spiro atoms. The molecule has 1 amide bonds. The van der Waals surface area contributed by atoms with Crippen molar-refractivity contribution in [2.75, 3.05) is 20.2 Å². The maximum Gasteiger partial charge on any atom is 0.234 e. The Morgan fingerprint density at radius 3 is 2.10 bits per heavy atom. The maximum atomic E-state index is 12.8. The first kappa shape index (κ1) is 20.6. The molecule has 0 bridgehead atoms. The number of carbonyl (C=O) groups is 1. The molecule has 0 aliphatic rings. The van der Waals surface area contributed by atoms with Crippen LogP contribution in [0.5, 0.6) is 5.75 Å². The van der Waals surface area contributed by atoms with Gasteiger partial charge >= 0.3 is 0 Å². The number of amides is 1. The van der Waals surface area contributed by atoms with Crippen molar-refractivity contribution in [2.24, 2.45) is 0 Å². The lowest BCUT2D eigenvalue weighted by atomic mass is 9.98. The van der Waals surface area contributed by atoms with Gasteiger partial charge < -0.3 is 10.1 Å². The predicted molar refractivity (Wildman–Crippen MR) is 117 cm³/mol. The molecule has 0 saturated heterocycles. The van der Waals surface area contributed by atoms with E-state index in [0.29, 0.717) is 13.2 Å². The Morgan fingerprint density at radius 1 is 0.897 bits per heavy atom. The molecule has 0 aliphatic heterocycles. The molecule has 3 rings (SSSR count). The molecule has 1 atom stereocenters. The summed E-state index contributed by atoms with van der Waals surface area (Å²) in [7, 11) is 1.96. The van der Waals surface area contributed by atoms with Crippen molar-refractivity contribution in [3.05, 3.63) is 102 Å². The normalized spacial score (nSPS) is 11.8. The van der Waals surface area contributed by atoms with Crippen LogP contribution in [-0.2, 0) is 11.3 Å². The average Bonchev–Trinajstić information content (AvgIpc) is 2.74. The largest absolute Gasteiger partial charge is 0.494 e. The third-order valence-corrected chi connectivity index (χ3v) is 4.67. The van der Waals surface area contributed by atoms with E-state index in [1.165, 1.54) is 5.56 Å². The highest BCUT2D eigenvalue weighted by Gasteiger charge is 2.18. The lowest BCUT2D eigenvalue weighted by molar-refractivity contribution is -0.122. The number of benzene rings is 3. The van der Waals surface area contributed by atoms with Crippen molar-refractivity contribution in [1.82, 2.24) is 10.2 Å². The van der Waals surface area contributed by atoms with Gasteiger partial charge in [0.2, 0.25) is 5.91 Å². The molecule has 0 fully saturated rings. The average molecular weight is 389 g/mol. The van der Waals surface area contributed by atoms with Crippen LogP contribution in [0.3, 0.4) is 0 Å². The number of rotatable bonds is 9. The van der Waals surface area contributed by atoms with Gasteiger partial charge in [0.15, 0.2) is 0 Å². The van der Waals surface area contributed by atoms with Crippen LogP contribution in [0.25, 0.3) is 0 Å². The van der Waals surface area contributed by atoms with E-state index in [1.807, 2.05) is 91.7 Å². The molecule has 0 aliphatic carbocycles. The summed E-state index contributed by atoms with van der Waals surface area (Å²) in [6, 6.07) is 27.9. The zero-order chi connectivity index (χ0) is 20.5. The van der Waals surface area contributed by atoms with Gasteiger partial charge in [-0.3, -0.25) is 9.69 Å². The number of likely N-dealkylation sites (N-methyl/N-ethyl adjacent to an activating group) is 1. The second kappa shape index (κ2) is 10.4. The lowest BCUT2D eigenvalue weighted by Gasteiger charge is -2.22. The summed E-state index contributed by atoms with van der Waals surface area (Å²) in [5, 5.41) is 3.20. The van der Waals surface area contributed by atoms with E-state index in [-0.39, 0.29) is 11.9 Å². The molecule has 3 aromatic carbocycles. The Morgan fingerprint density at radius 2 is 1.48 bits per heavy atom. The van der Waals surface area contributed by atoms with Crippen LogP contribution in [0, 0.1) is 0 Å². The van der Waals surface area contributed by atoms with Gasteiger partial charge in [0.05, 0.1) is 19.2 Å². The van der Waals surface area contributed by atoms with Gasteiger partial charge in [0.25, 0.3) is 0 Å². The minimum absolute atomic E-state index is 0.00818. The number of hydrogen-bond donors (Lipinski definition) is 1. The summed E-state index contributed by atoms with van der Waals surface area (Å²) in [6.07, 6.45) is 0. The first-order chi connectivity index (χ1) is 14.2. The van der Waals surface area contributed by atoms with E-state index in [2.05, 4.69) is 17.4 Å². The molecular weight excluding hydrogens is 360 g/mol. The predicted octanol–water partition coefficient (Wildman–Crippen LogP) is 4.42. The zero-order valence-electron chi connectivity index (χ0n) is 17.0. The molecule has 1 unspecified atom stereocenters. The summed E-state index contributed by atoms with van der Waals surface area (Å²) in [4.78, 5) is 14.8. The minimum Gasteiger partial charge on any atom is -0.494 e. The highest BCUT2D eigenvalue weighted by atomic mass is 16.5. The molecule has 29 heavy (non-hydrogen) atoms. The summed E-state index contributed by atoms with van der Waals surface area (Å²) in [5.41, 5.74) is 3.27. The summed E-state index contributed by atoms with van der Waals surface area (Å²) in [5.74, 6) is 0.822. The Labute approximate surface area is 173 Å². The van der Waals surface area contributed by atoms with E-state index < -0.39 is 0 Å². The standard InChI is InChI=1S/C25H28N2O2/c1-3-29-23-16-14-22(15-17-23)25(21-12-8-5-9-13-21)26-24(28)19-27(2)18-20-10-6-4-7-11-20/h4-17,25H,3,18-19H2,1-2H3,(H,26,28). The van der Waals surface area contributed by atoms with Crippen LogP contribution in [0.4, 0.5) is 0 Å². The van der Waals surface area contributed by atoms with Gasteiger partial charge in [-0.15, -0.1) is 0 Å². The SMILES string of the molecule is CCOc1ccc(C(NC(=O)CN(C)Cc2ccccc2)c2ccccc2)cc1. The fourth-order valence-electron chi connectivity index (χ4n) is 3.33. The van der Waals surface area contributed by atoms with Crippen LogP contribution in [0.15, 0.2) is 84.9 Å². The maximum absolute atomic E-state index is 12.8. The molecule has 3 aromatic rings. The third kappa shape index (κ3) is 6.19. The van der Waals surface area contributed by atoms with Gasteiger partial charge in [-0.2, -0.15) is 0 Å². The van der Waals surface area contributed by atoms with Crippen LogP contribution < -0.4 is 10.1 Å². The zero-order valence-corrected chi connectivity index (χ0v) is 17.0. The van der Waals surface area contributed by atoms with Crippen LogP contribution in [-0.4, -0.2) is 31.0 Å². The molecule has 0 saturated carbocycles. The first-order valence-corrected chi connectivity index (χ1v) is 9.95. The van der Waals surface area contributed by atoms with E-state index in [9.17, 15) is 4.79 Å².